The highest BCUT2D eigenvalue weighted by Crippen LogP contribution is 2.28. The van der Waals surface area contributed by atoms with Crippen molar-refractivity contribution < 1.29 is 4.74 Å². The molecule has 0 amide bonds. The molecule has 3 nitrogen and oxygen atoms in total. The zero-order valence-electron chi connectivity index (χ0n) is 15.1. The molecule has 0 N–H and O–H groups in total. The van der Waals surface area contributed by atoms with E-state index >= 15 is 0 Å². The van der Waals surface area contributed by atoms with E-state index in [2.05, 4.69) is 24.9 Å². The van der Waals surface area contributed by atoms with Crippen LogP contribution in [0.2, 0.25) is 5.02 Å². The monoisotopic (exact) mass is 394 g/mol. The number of halogens is 1. The smallest absolute Gasteiger partial charge is 0.134 e. The van der Waals surface area contributed by atoms with Crippen molar-refractivity contribution in [2.75, 3.05) is 6.61 Å². The Morgan fingerprint density at radius 1 is 1.26 bits per heavy atom. The molecule has 136 valence electrons. The van der Waals surface area contributed by atoms with Gasteiger partial charge >= 0.3 is 0 Å². The summed E-state index contributed by atoms with van der Waals surface area (Å²) in [6.45, 7) is 4.88. The first-order chi connectivity index (χ1) is 13.0. The van der Waals surface area contributed by atoms with Crippen molar-refractivity contribution in [1.82, 2.24) is 4.98 Å². The first-order valence-corrected chi connectivity index (χ1v) is 9.87. The van der Waals surface area contributed by atoms with Crippen molar-refractivity contribution in [2.24, 2.45) is 5.92 Å². The van der Waals surface area contributed by atoms with Crippen molar-refractivity contribution >= 4 is 34.6 Å². The van der Waals surface area contributed by atoms with Gasteiger partial charge in [0.05, 0.1) is 17.9 Å². The number of thiazole rings is 1. The third kappa shape index (κ3) is 5.19. The van der Waals surface area contributed by atoms with Gasteiger partial charge in [0, 0.05) is 16.0 Å². The summed E-state index contributed by atoms with van der Waals surface area (Å²) in [5.74, 6) is 1.26. The van der Waals surface area contributed by atoms with Crippen LogP contribution >= 0.6 is 22.9 Å². The fraction of sp³-hybridized carbons (Fsp3) is 0.182. The second-order valence-electron chi connectivity index (χ2n) is 6.49. The molecule has 0 saturated carbocycles. The lowest BCUT2D eigenvalue weighted by Crippen LogP contribution is -2.04. The van der Waals surface area contributed by atoms with Crippen molar-refractivity contribution in [1.29, 1.82) is 5.26 Å². The minimum absolute atomic E-state index is 0.459. The maximum Gasteiger partial charge on any atom is 0.134 e. The second-order valence-corrected chi connectivity index (χ2v) is 7.79. The van der Waals surface area contributed by atoms with Crippen LogP contribution in [-0.4, -0.2) is 11.6 Å². The molecule has 0 fully saturated rings. The highest BCUT2D eigenvalue weighted by molar-refractivity contribution is 7.11. The average Bonchev–Trinajstić information content (AvgIpc) is 3.15. The normalized spacial score (nSPS) is 11.4. The van der Waals surface area contributed by atoms with E-state index in [1.54, 1.807) is 0 Å². The fourth-order valence-electron chi connectivity index (χ4n) is 2.42. The van der Waals surface area contributed by atoms with Gasteiger partial charge in [-0.05, 0) is 41.8 Å². The Hall–Kier alpha value is -2.61. The van der Waals surface area contributed by atoms with Gasteiger partial charge in [-0.2, -0.15) is 5.26 Å². The van der Waals surface area contributed by atoms with Crippen LogP contribution in [0.5, 0.6) is 5.75 Å². The quantitative estimate of drug-likeness (QED) is 0.444. The molecule has 2 aromatic carbocycles. The van der Waals surface area contributed by atoms with Crippen LogP contribution in [-0.2, 0) is 0 Å². The van der Waals surface area contributed by atoms with E-state index in [0.717, 1.165) is 22.6 Å². The standard InChI is InChI=1S/C22H19ClN2OS/c1-15(2)13-26-20-5-3-4-16(11-20)10-18(12-24)22-25-21(14-27-22)17-6-8-19(23)9-7-17/h3-11,14-15H,13H2,1-2H3/b18-10-. The van der Waals surface area contributed by atoms with Gasteiger partial charge in [0.1, 0.15) is 16.8 Å². The van der Waals surface area contributed by atoms with Gasteiger partial charge < -0.3 is 4.74 Å². The Morgan fingerprint density at radius 2 is 2.04 bits per heavy atom. The van der Waals surface area contributed by atoms with Crippen molar-refractivity contribution in [3.63, 3.8) is 0 Å². The average molecular weight is 395 g/mol. The number of ether oxygens (including phenoxy) is 1. The van der Waals surface area contributed by atoms with Crippen LogP contribution in [0, 0.1) is 17.2 Å². The third-order valence-electron chi connectivity index (χ3n) is 3.75. The van der Waals surface area contributed by atoms with E-state index in [1.165, 1.54) is 11.3 Å². The molecule has 0 spiro atoms. The predicted molar refractivity (Wildman–Crippen MR) is 113 cm³/mol. The molecule has 0 bridgehead atoms. The summed E-state index contributed by atoms with van der Waals surface area (Å²) in [5.41, 5.74) is 3.25. The summed E-state index contributed by atoms with van der Waals surface area (Å²) in [5, 5.41) is 12.9. The number of aromatic nitrogens is 1. The summed E-state index contributed by atoms with van der Waals surface area (Å²) < 4.78 is 5.76. The molecule has 0 aliphatic heterocycles. The highest BCUT2D eigenvalue weighted by Gasteiger charge is 2.09. The lowest BCUT2D eigenvalue weighted by Gasteiger charge is -2.09. The molecular weight excluding hydrogens is 376 g/mol. The van der Waals surface area contributed by atoms with Gasteiger partial charge in [0.25, 0.3) is 0 Å². The number of nitriles is 1. The maximum atomic E-state index is 9.60. The van der Waals surface area contributed by atoms with Gasteiger partial charge in [0.2, 0.25) is 0 Å². The van der Waals surface area contributed by atoms with E-state index < -0.39 is 0 Å². The zero-order chi connectivity index (χ0) is 19.2. The van der Waals surface area contributed by atoms with E-state index in [-0.39, 0.29) is 0 Å². The minimum Gasteiger partial charge on any atom is -0.493 e. The number of hydrogen-bond donors (Lipinski definition) is 0. The van der Waals surface area contributed by atoms with Gasteiger partial charge in [-0.3, -0.25) is 0 Å². The lowest BCUT2D eigenvalue weighted by atomic mass is 10.1. The van der Waals surface area contributed by atoms with Gasteiger partial charge in [-0.25, -0.2) is 4.98 Å². The number of allylic oxidation sites excluding steroid dienone is 1. The van der Waals surface area contributed by atoms with Crippen LogP contribution in [0.15, 0.2) is 53.9 Å². The lowest BCUT2D eigenvalue weighted by molar-refractivity contribution is 0.271. The molecule has 3 rings (SSSR count). The predicted octanol–water partition coefficient (Wildman–Crippen LogP) is 6.56. The Morgan fingerprint density at radius 3 is 2.74 bits per heavy atom. The molecule has 0 atom stereocenters. The third-order valence-corrected chi connectivity index (χ3v) is 4.88. The number of nitrogens with zero attached hydrogens (tertiary/aromatic N) is 2. The molecule has 0 unspecified atom stereocenters. The van der Waals surface area contributed by atoms with Crippen molar-refractivity contribution in [3.8, 4) is 23.1 Å². The minimum atomic E-state index is 0.459. The first kappa shape index (κ1) is 19.2. The summed E-state index contributed by atoms with van der Waals surface area (Å²) in [6.07, 6.45) is 1.84. The summed E-state index contributed by atoms with van der Waals surface area (Å²) >= 11 is 7.39. The van der Waals surface area contributed by atoms with Crippen LogP contribution in [0.25, 0.3) is 22.9 Å². The Bertz CT molecular complexity index is 984. The summed E-state index contributed by atoms with van der Waals surface area (Å²) in [7, 11) is 0. The molecule has 0 saturated heterocycles. The number of rotatable bonds is 6. The van der Waals surface area contributed by atoms with E-state index in [4.69, 9.17) is 16.3 Å². The number of benzene rings is 2. The van der Waals surface area contributed by atoms with E-state index in [0.29, 0.717) is 28.1 Å². The molecule has 0 radical (unpaired) electrons. The summed E-state index contributed by atoms with van der Waals surface area (Å²) in [4.78, 5) is 4.61. The molecule has 1 aromatic heterocycles. The Labute approximate surface area is 168 Å². The molecule has 0 aliphatic rings. The van der Waals surface area contributed by atoms with E-state index in [9.17, 15) is 5.26 Å². The van der Waals surface area contributed by atoms with Crippen LogP contribution < -0.4 is 4.74 Å². The highest BCUT2D eigenvalue weighted by atomic mass is 35.5. The Balaban J connectivity index is 1.84. The Kier molecular flexibility index (Phi) is 6.28. The van der Waals surface area contributed by atoms with Crippen LogP contribution in [0.3, 0.4) is 0 Å². The van der Waals surface area contributed by atoms with Crippen molar-refractivity contribution in [2.45, 2.75) is 13.8 Å². The zero-order valence-corrected chi connectivity index (χ0v) is 16.7. The molecule has 0 aliphatic carbocycles. The van der Waals surface area contributed by atoms with Crippen LogP contribution in [0.1, 0.15) is 24.4 Å². The summed E-state index contributed by atoms with van der Waals surface area (Å²) in [6, 6.07) is 17.5. The van der Waals surface area contributed by atoms with E-state index in [1.807, 2.05) is 60.0 Å². The van der Waals surface area contributed by atoms with Gasteiger partial charge in [-0.1, -0.05) is 49.7 Å². The first-order valence-electron chi connectivity index (χ1n) is 8.61. The molecular formula is C22H19ClN2OS. The molecule has 3 aromatic rings. The van der Waals surface area contributed by atoms with Gasteiger partial charge in [0.15, 0.2) is 0 Å². The topological polar surface area (TPSA) is 45.9 Å². The van der Waals surface area contributed by atoms with Crippen LogP contribution in [0.4, 0.5) is 0 Å². The second kappa shape index (κ2) is 8.85. The fourth-order valence-corrected chi connectivity index (χ4v) is 3.34. The molecule has 27 heavy (non-hydrogen) atoms. The van der Waals surface area contributed by atoms with Gasteiger partial charge in [-0.15, -0.1) is 11.3 Å². The molecule has 5 heteroatoms. The molecule has 1 heterocycles. The van der Waals surface area contributed by atoms with Crippen molar-refractivity contribution in [3.05, 3.63) is 69.5 Å². The largest absolute Gasteiger partial charge is 0.493 e. The SMILES string of the molecule is CC(C)COc1cccc(/C=C(/C#N)c2nc(-c3ccc(Cl)cc3)cs2)c1. The maximum absolute atomic E-state index is 9.60. The number of hydrogen-bond acceptors (Lipinski definition) is 4.